The smallest absolute Gasteiger partial charge is 0.336 e. The van der Waals surface area contributed by atoms with Gasteiger partial charge >= 0.3 is 11.9 Å². The van der Waals surface area contributed by atoms with E-state index >= 15 is 0 Å². The topological polar surface area (TPSA) is 131 Å². The molecular weight excluding hydrogens is 821 g/mol. The lowest BCUT2D eigenvalue weighted by Crippen LogP contribution is -2.30. The Hall–Kier alpha value is -6.36. The quantitative estimate of drug-likeness (QED) is 0.0942. The van der Waals surface area contributed by atoms with E-state index in [1.54, 1.807) is 36.9 Å². The van der Waals surface area contributed by atoms with Gasteiger partial charge in [-0.05, 0) is 194 Å². The van der Waals surface area contributed by atoms with Gasteiger partial charge in [0.2, 0.25) is 0 Å². The highest BCUT2D eigenvalue weighted by molar-refractivity contribution is 5.89. The number of carbonyl (C=O) groups is 2. The Morgan fingerprint density at radius 3 is 1.39 bits per heavy atom. The summed E-state index contributed by atoms with van der Waals surface area (Å²) < 4.78 is 0. The summed E-state index contributed by atoms with van der Waals surface area (Å²) >= 11 is 0. The van der Waals surface area contributed by atoms with E-state index in [1.165, 1.54) is 119 Å². The highest BCUT2D eigenvalue weighted by Gasteiger charge is 2.24. The van der Waals surface area contributed by atoms with Gasteiger partial charge in [-0.25, -0.2) is 9.59 Å². The zero-order valence-electron chi connectivity index (χ0n) is 38.4. The summed E-state index contributed by atoms with van der Waals surface area (Å²) in [5.41, 5.74) is 18.2. The molecule has 2 fully saturated rings. The fourth-order valence-corrected chi connectivity index (χ4v) is 10.7. The Labute approximate surface area is 389 Å². The molecule has 10 heteroatoms. The number of hydrogen-bond donors (Lipinski definition) is 4. The molecule has 10 nitrogen and oxygen atoms in total. The number of fused-ring (bicyclic) bond motifs is 2. The van der Waals surface area contributed by atoms with Gasteiger partial charge in [0.05, 0.1) is 11.1 Å². The second kappa shape index (κ2) is 20.4. The van der Waals surface area contributed by atoms with Crippen molar-refractivity contribution in [1.82, 2.24) is 20.6 Å². The molecule has 4 aromatic carbocycles. The number of nitrogens with zero attached hydrogens (tertiary/aromatic N) is 4. The van der Waals surface area contributed by atoms with Crippen molar-refractivity contribution in [3.63, 3.8) is 0 Å². The van der Waals surface area contributed by atoms with Crippen LogP contribution in [0.2, 0.25) is 0 Å². The van der Waals surface area contributed by atoms with Crippen LogP contribution in [0.5, 0.6) is 0 Å². The molecule has 0 radical (unpaired) electrons. The summed E-state index contributed by atoms with van der Waals surface area (Å²) in [5.74, 6) is -1.78. The third-order valence-corrected chi connectivity index (χ3v) is 14.3. The van der Waals surface area contributed by atoms with Crippen molar-refractivity contribution in [3.8, 4) is 22.3 Å². The molecule has 0 amide bonds. The highest BCUT2D eigenvalue weighted by Crippen LogP contribution is 2.36. The standard InChI is InChI=1S/2C28H31N3O2/c2*1-19-16-23(31-14-2-3-15-31)6-8-24(19)20-4-7-25-21(17-20)10-13-30-27(25)9-5-22-18-29-12-11-26(22)28(32)33/h2*4,6-8,11-12,16-18,27,30H,2-3,5,9-10,13-15H2,1H3,(H,32,33)/t2*27-/m10/s1. The van der Waals surface area contributed by atoms with E-state index < -0.39 is 11.9 Å². The number of pyridine rings is 2. The van der Waals surface area contributed by atoms with Crippen LogP contribution in [0.15, 0.2) is 110 Å². The number of aryl methyl sites for hydroxylation is 4. The van der Waals surface area contributed by atoms with Gasteiger partial charge < -0.3 is 30.6 Å². The number of rotatable bonds is 12. The molecule has 6 heterocycles. The molecule has 2 aromatic heterocycles. The average Bonchev–Trinajstić information content (AvgIpc) is 4.09. The summed E-state index contributed by atoms with van der Waals surface area (Å²) in [5, 5.41) is 26.2. The molecule has 0 spiro atoms. The average molecular weight is 883 g/mol. The summed E-state index contributed by atoms with van der Waals surface area (Å²) in [6.45, 7) is 11.0. The van der Waals surface area contributed by atoms with E-state index in [4.69, 9.17) is 0 Å². The minimum Gasteiger partial charge on any atom is -0.478 e. The van der Waals surface area contributed by atoms with Gasteiger partial charge in [0.25, 0.3) is 0 Å². The zero-order valence-corrected chi connectivity index (χ0v) is 38.4. The number of aromatic nitrogens is 2. The largest absolute Gasteiger partial charge is 0.478 e. The summed E-state index contributed by atoms with van der Waals surface area (Å²) in [6.07, 6.45) is 16.7. The second-order valence-corrected chi connectivity index (χ2v) is 18.5. The van der Waals surface area contributed by atoms with Gasteiger partial charge in [0.15, 0.2) is 0 Å². The van der Waals surface area contributed by atoms with Crippen LogP contribution in [-0.4, -0.2) is 71.4 Å². The molecule has 0 aliphatic carbocycles. The van der Waals surface area contributed by atoms with Crippen LogP contribution in [0.1, 0.15) is 116 Å². The minimum absolute atomic E-state index is 0.225. The van der Waals surface area contributed by atoms with E-state index in [-0.39, 0.29) is 12.1 Å². The Kier molecular flexibility index (Phi) is 13.9. The first-order chi connectivity index (χ1) is 32.2. The molecule has 6 aromatic rings. The maximum atomic E-state index is 11.5. The zero-order chi connectivity index (χ0) is 45.6. The summed E-state index contributed by atoms with van der Waals surface area (Å²) in [4.78, 5) is 36.3. The van der Waals surface area contributed by atoms with E-state index in [9.17, 15) is 19.8 Å². The molecule has 10 rings (SSSR count). The Morgan fingerprint density at radius 2 is 1.00 bits per heavy atom. The molecule has 0 saturated carbocycles. The minimum atomic E-state index is -0.889. The number of hydrogen-bond acceptors (Lipinski definition) is 8. The lowest BCUT2D eigenvalue weighted by atomic mass is 9.87. The molecule has 4 aliphatic heterocycles. The summed E-state index contributed by atoms with van der Waals surface area (Å²) in [6, 6.07) is 31.1. The number of carboxylic acids is 2. The van der Waals surface area contributed by atoms with E-state index in [2.05, 4.69) is 117 Å². The molecule has 2 atom stereocenters. The van der Waals surface area contributed by atoms with Crippen LogP contribution < -0.4 is 20.4 Å². The normalized spacial score (nSPS) is 17.7. The number of aromatic carboxylic acids is 2. The fraction of sp³-hybridized carbons (Fsp3) is 0.357. The molecule has 0 unspecified atom stereocenters. The van der Waals surface area contributed by atoms with Gasteiger partial charge in [-0.2, -0.15) is 0 Å². The number of nitrogens with one attached hydrogen (secondary N) is 2. The monoisotopic (exact) mass is 882 g/mol. The van der Waals surface area contributed by atoms with Crippen molar-refractivity contribution in [3.05, 3.63) is 165 Å². The van der Waals surface area contributed by atoms with E-state index in [1.807, 2.05) is 0 Å². The lowest BCUT2D eigenvalue weighted by Gasteiger charge is -2.28. The van der Waals surface area contributed by atoms with Crippen LogP contribution >= 0.6 is 0 Å². The molecule has 2 saturated heterocycles. The van der Waals surface area contributed by atoms with Crippen LogP contribution in [0.3, 0.4) is 0 Å². The first-order valence-corrected chi connectivity index (χ1v) is 24.0. The van der Waals surface area contributed by atoms with Crippen LogP contribution in [-0.2, 0) is 25.7 Å². The third kappa shape index (κ3) is 10.1. The predicted octanol–water partition coefficient (Wildman–Crippen LogP) is 10.4. The van der Waals surface area contributed by atoms with E-state index in [0.29, 0.717) is 24.0 Å². The molecule has 4 aliphatic rings. The Bertz CT molecular complexity index is 2520. The van der Waals surface area contributed by atoms with Crippen LogP contribution in [0, 0.1) is 13.8 Å². The number of anilines is 2. The van der Waals surface area contributed by atoms with Gasteiger partial charge in [0.1, 0.15) is 0 Å². The maximum absolute atomic E-state index is 11.5. The van der Waals surface area contributed by atoms with Crippen LogP contribution in [0.25, 0.3) is 22.3 Å². The number of carboxylic acid groups (broad SMARTS) is 2. The highest BCUT2D eigenvalue weighted by atomic mass is 16.4. The first kappa shape index (κ1) is 44.8. The lowest BCUT2D eigenvalue weighted by molar-refractivity contribution is 0.0684. The van der Waals surface area contributed by atoms with E-state index in [0.717, 1.165) is 49.9 Å². The summed E-state index contributed by atoms with van der Waals surface area (Å²) in [7, 11) is 0. The van der Waals surface area contributed by atoms with Crippen LogP contribution in [0.4, 0.5) is 11.4 Å². The molecule has 0 bridgehead atoms. The Morgan fingerprint density at radius 1 is 0.576 bits per heavy atom. The maximum Gasteiger partial charge on any atom is 0.336 e. The van der Waals surface area contributed by atoms with Crippen molar-refractivity contribution in [2.75, 3.05) is 49.1 Å². The van der Waals surface area contributed by atoms with Gasteiger partial charge in [0, 0.05) is 74.4 Å². The van der Waals surface area contributed by atoms with Gasteiger partial charge in [-0.1, -0.05) is 48.5 Å². The van der Waals surface area contributed by atoms with Crippen molar-refractivity contribution >= 4 is 23.3 Å². The predicted molar refractivity (Wildman–Crippen MR) is 264 cm³/mol. The molecule has 340 valence electrons. The van der Waals surface area contributed by atoms with Crippen molar-refractivity contribution in [2.24, 2.45) is 0 Å². The SMILES string of the molecule is Cc1cc(N2CCCC2)ccc1-c1ccc2c(c1)CCN[C@@H]2CCc1cnccc1C(=O)O.Cc1cc(N2CCCC2)ccc1-c1ccc2c(c1)CCN[C@H]2CCc1cnccc1C(=O)O. The second-order valence-electron chi connectivity index (χ2n) is 18.5. The fourth-order valence-electron chi connectivity index (χ4n) is 10.7. The molecule has 66 heavy (non-hydrogen) atoms. The van der Waals surface area contributed by atoms with Crippen molar-refractivity contribution in [2.45, 2.75) is 90.1 Å². The molecule has 4 N–H and O–H groups in total. The number of benzene rings is 4. The van der Waals surface area contributed by atoms with Gasteiger partial charge in [-0.3, -0.25) is 9.97 Å². The van der Waals surface area contributed by atoms with Crippen molar-refractivity contribution < 1.29 is 19.8 Å². The van der Waals surface area contributed by atoms with Crippen molar-refractivity contribution in [1.29, 1.82) is 0 Å². The third-order valence-electron chi connectivity index (χ3n) is 14.3. The Balaban J connectivity index is 0.000000166. The molecular formula is C56H62N6O4. The first-order valence-electron chi connectivity index (χ1n) is 24.0. The van der Waals surface area contributed by atoms with Gasteiger partial charge in [-0.15, -0.1) is 0 Å².